The van der Waals surface area contributed by atoms with Crippen molar-refractivity contribution >= 4 is 11.6 Å². The van der Waals surface area contributed by atoms with Crippen molar-refractivity contribution in [2.75, 3.05) is 6.61 Å². The lowest BCUT2D eigenvalue weighted by Gasteiger charge is -2.25. The third kappa shape index (κ3) is 3.11. The maximum Gasteiger partial charge on any atom is 0.269 e. The van der Waals surface area contributed by atoms with E-state index < -0.39 is 41.2 Å². The molecule has 130 valence electrons. The molecule has 2 aliphatic heterocycles. The lowest BCUT2D eigenvalue weighted by Crippen LogP contribution is -2.49. The Hall–Kier alpha value is -2.07. The number of nitro benzene ring substituents is 1. The molecule has 2 N–H and O–H groups in total. The topological polar surface area (TPSA) is 120 Å². The third-order valence-electron chi connectivity index (χ3n) is 3.97. The van der Waals surface area contributed by atoms with E-state index in [-0.39, 0.29) is 17.9 Å². The molecule has 2 saturated heterocycles. The first-order valence-corrected chi connectivity index (χ1v) is 7.48. The number of carbonyl (C=O) groups excluding carboxylic acids is 1. The largest absolute Gasteiger partial charge is 0.394 e. The Morgan fingerprint density at radius 3 is 2.58 bits per heavy atom. The summed E-state index contributed by atoms with van der Waals surface area (Å²) in [5.74, 6) is -1.28. The quantitative estimate of drug-likeness (QED) is 0.608. The highest BCUT2D eigenvalue weighted by Gasteiger charge is 2.55. The Balaban J connectivity index is 1.73. The summed E-state index contributed by atoms with van der Waals surface area (Å²) in [6.45, 7) is 3.17. The number of amides is 1. The zero-order valence-electron chi connectivity index (χ0n) is 13.2. The standard InChI is InChI=1S/C15H18N2O7/c1-15(2)23-12-11(10(7-18)22-14(12)24-15)16-13(19)8-3-5-9(6-4-8)17(20)21/h3-6,10-12,14,18H,7H2,1-2H3,(H,16,19)/t10-,11-,12-,14-/m1/s1. The number of carbonyl (C=O) groups is 1. The second kappa shape index (κ2) is 6.10. The molecule has 9 nitrogen and oxygen atoms in total. The van der Waals surface area contributed by atoms with E-state index in [9.17, 15) is 20.0 Å². The summed E-state index contributed by atoms with van der Waals surface area (Å²) in [4.78, 5) is 22.5. The molecule has 0 aliphatic carbocycles. The van der Waals surface area contributed by atoms with E-state index >= 15 is 0 Å². The van der Waals surface area contributed by atoms with Gasteiger partial charge in [0.05, 0.1) is 17.6 Å². The van der Waals surface area contributed by atoms with Gasteiger partial charge in [0.25, 0.3) is 11.6 Å². The molecule has 0 unspecified atom stereocenters. The van der Waals surface area contributed by atoms with E-state index in [1.807, 2.05) is 0 Å². The zero-order chi connectivity index (χ0) is 17.5. The number of hydrogen-bond donors (Lipinski definition) is 2. The maximum atomic E-state index is 12.4. The molecule has 0 aromatic heterocycles. The van der Waals surface area contributed by atoms with Crippen LogP contribution >= 0.6 is 0 Å². The van der Waals surface area contributed by atoms with Gasteiger partial charge < -0.3 is 24.6 Å². The number of nitrogens with zero attached hydrogens (tertiary/aromatic N) is 1. The molecule has 2 aliphatic rings. The average Bonchev–Trinajstić information content (AvgIpc) is 2.99. The molecular formula is C15H18N2O7. The van der Waals surface area contributed by atoms with Gasteiger partial charge in [-0.15, -0.1) is 0 Å². The molecule has 0 bridgehead atoms. The number of benzene rings is 1. The Morgan fingerprint density at radius 2 is 2.00 bits per heavy atom. The van der Waals surface area contributed by atoms with Gasteiger partial charge >= 0.3 is 0 Å². The van der Waals surface area contributed by atoms with Crippen LogP contribution in [0.3, 0.4) is 0 Å². The Labute approximate surface area is 137 Å². The first-order chi connectivity index (χ1) is 11.3. The van der Waals surface area contributed by atoms with E-state index in [1.165, 1.54) is 24.3 Å². The van der Waals surface area contributed by atoms with Crippen molar-refractivity contribution in [1.29, 1.82) is 0 Å². The maximum absolute atomic E-state index is 12.4. The summed E-state index contributed by atoms with van der Waals surface area (Å²) in [7, 11) is 0. The summed E-state index contributed by atoms with van der Waals surface area (Å²) in [5.41, 5.74) is 0.164. The van der Waals surface area contributed by atoms with Gasteiger partial charge in [-0.25, -0.2) is 0 Å². The van der Waals surface area contributed by atoms with E-state index in [2.05, 4.69) is 5.32 Å². The third-order valence-corrected chi connectivity index (χ3v) is 3.97. The van der Waals surface area contributed by atoms with Crippen molar-refractivity contribution in [1.82, 2.24) is 5.32 Å². The van der Waals surface area contributed by atoms with Crippen LogP contribution in [0.15, 0.2) is 24.3 Å². The minimum absolute atomic E-state index is 0.0988. The van der Waals surface area contributed by atoms with Gasteiger partial charge in [0, 0.05) is 17.7 Å². The number of rotatable bonds is 4. The SMILES string of the molecule is CC1(C)O[C@H]2O[C@H](CO)[C@@H](NC(=O)c3ccc([N+](=O)[O-])cc3)[C@H]2O1. The molecule has 3 rings (SSSR count). The number of aliphatic hydroxyl groups excluding tert-OH is 1. The fourth-order valence-corrected chi connectivity index (χ4v) is 2.88. The molecule has 1 aromatic rings. The number of aliphatic hydroxyl groups is 1. The highest BCUT2D eigenvalue weighted by atomic mass is 16.8. The second-order valence-corrected chi connectivity index (χ2v) is 6.13. The summed E-state index contributed by atoms with van der Waals surface area (Å²) >= 11 is 0. The van der Waals surface area contributed by atoms with E-state index in [0.29, 0.717) is 0 Å². The van der Waals surface area contributed by atoms with Crippen molar-refractivity contribution in [2.24, 2.45) is 0 Å². The molecule has 9 heteroatoms. The van der Waals surface area contributed by atoms with Crippen molar-refractivity contribution in [3.8, 4) is 0 Å². The van der Waals surface area contributed by atoms with Gasteiger partial charge in [-0.3, -0.25) is 14.9 Å². The van der Waals surface area contributed by atoms with E-state index in [4.69, 9.17) is 14.2 Å². The van der Waals surface area contributed by atoms with Gasteiger partial charge in [0.15, 0.2) is 12.1 Å². The van der Waals surface area contributed by atoms with E-state index in [1.54, 1.807) is 13.8 Å². The highest BCUT2D eigenvalue weighted by molar-refractivity contribution is 5.94. The lowest BCUT2D eigenvalue weighted by atomic mass is 10.1. The predicted molar refractivity (Wildman–Crippen MR) is 80.1 cm³/mol. The molecule has 0 spiro atoms. The fraction of sp³-hybridized carbons (Fsp3) is 0.533. The van der Waals surface area contributed by atoms with Crippen LogP contribution in [-0.4, -0.2) is 52.9 Å². The monoisotopic (exact) mass is 338 g/mol. The molecule has 2 fully saturated rings. The van der Waals surface area contributed by atoms with Crippen molar-refractivity contribution in [3.63, 3.8) is 0 Å². The van der Waals surface area contributed by atoms with Crippen LogP contribution in [0.2, 0.25) is 0 Å². The Morgan fingerprint density at radius 1 is 1.33 bits per heavy atom. The predicted octanol–water partition coefficient (Wildman–Crippen LogP) is 0.562. The number of nitrogens with one attached hydrogen (secondary N) is 1. The van der Waals surface area contributed by atoms with Gasteiger partial charge in [0.2, 0.25) is 0 Å². The molecule has 1 aromatic carbocycles. The second-order valence-electron chi connectivity index (χ2n) is 6.13. The van der Waals surface area contributed by atoms with Crippen molar-refractivity contribution in [3.05, 3.63) is 39.9 Å². The number of fused-ring (bicyclic) bond motifs is 1. The fourth-order valence-electron chi connectivity index (χ4n) is 2.88. The highest BCUT2D eigenvalue weighted by Crippen LogP contribution is 2.37. The first-order valence-electron chi connectivity index (χ1n) is 7.48. The van der Waals surface area contributed by atoms with Crippen LogP contribution in [0.1, 0.15) is 24.2 Å². The van der Waals surface area contributed by atoms with Crippen LogP contribution in [0.5, 0.6) is 0 Å². The average molecular weight is 338 g/mol. The minimum Gasteiger partial charge on any atom is -0.394 e. The van der Waals surface area contributed by atoms with Crippen LogP contribution in [-0.2, 0) is 14.2 Å². The normalized spacial score (nSPS) is 30.8. The molecule has 4 atom stereocenters. The lowest BCUT2D eigenvalue weighted by molar-refractivity contribution is -0.384. The van der Waals surface area contributed by atoms with E-state index in [0.717, 1.165) is 0 Å². The number of non-ortho nitro benzene ring substituents is 1. The van der Waals surface area contributed by atoms with Gasteiger partial charge in [-0.05, 0) is 26.0 Å². The van der Waals surface area contributed by atoms with Crippen molar-refractivity contribution in [2.45, 2.75) is 44.2 Å². The summed E-state index contributed by atoms with van der Waals surface area (Å²) in [6, 6.07) is 4.65. The van der Waals surface area contributed by atoms with Crippen LogP contribution in [0, 0.1) is 10.1 Å². The zero-order valence-corrected chi connectivity index (χ0v) is 13.2. The summed E-state index contributed by atoms with van der Waals surface area (Å²) in [6.07, 6.45) is -1.86. The Bertz CT molecular complexity index is 646. The number of ether oxygens (including phenoxy) is 3. The van der Waals surface area contributed by atoms with Crippen molar-refractivity contribution < 1.29 is 29.0 Å². The summed E-state index contributed by atoms with van der Waals surface area (Å²) < 4.78 is 16.9. The van der Waals surface area contributed by atoms with Crippen LogP contribution < -0.4 is 5.32 Å². The van der Waals surface area contributed by atoms with Crippen LogP contribution in [0.4, 0.5) is 5.69 Å². The van der Waals surface area contributed by atoms with Gasteiger partial charge in [-0.2, -0.15) is 0 Å². The first kappa shape index (κ1) is 16.8. The molecule has 0 radical (unpaired) electrons. The smallest absolute Gasteiger partial charge is 0.269 e. The molecule has 24 heavy (non-hydrogen) atoms. The van der Waals surface area contributed by atoms with Gasteiger partial charge in [0.1, 0.15) is 12.2 Å². The number of nitro groups is 1. The molecule has 0 saturated carbocycles. The molecule has 2 heterocycles. The van der Waals surface area contributed by atoms with Gasteiger partial charge in [-0.1, -0.05) is 0 Å². The molecular weight excluding hydrogens is 320 g/mol. The number of hydrogen-bond acceptors (Lipinski definition) is 7. The minimum atomic E-state index is -0.841. The Kier molecular flexibility index (Phi) is 4.26. The summed E-state index contributed by atoms with van der Waals surface area (Å²) in [5, 5.41) is 22.9. The van der Waals surface area contributed by atoms with Crippen LogP contribution in [0.25, 0.3) is 0 Å². The molecule has 1 amide bonds.